The summed E-state index contributed by atoms with van der Waals surface area (Å²) >= 11 is 1.45. The molecule has 4 rings (SSSR count). The van der Waals surface area contributed by atoms with E-state index in [0.717, 1.165) is 29.8 Å². The van der Waals surface area contributed by atoms with E-state index in [9.17, 15) is 9.59 Å². The van der Waals surface area contributed by atoms with Gasteiger partial charge in [-0.3, -0.25) is 14.0 Å². The number of aromatic nitrogens is 3. The average Bonchev–Trinajstić information content (AvgIpc) is 3.25. The molecule has 0 saturated carbocycles. The number of nitrogens with one attached hydrogen (secondary N) is 1. The maximum absolute atomic E-state index is 12.8. The second-order valence-corrected chi connectivity index (χ2v) is 6.62. The molecule has 3 aromatic rings. The minimum absolute atomic E-state index is 0.0359. The van der Waals surface area contributed by atoms with Gasteiger partial charge in [-0.15, -0.1) is 11.3 Å². The minimum atomic E-state index is -0.125. The van der Waals surface area contributed by atoms with Crippen LogP contribution in [0.15, 0.2) is 40.8 Å². The van der Waals surface area contributed by atoms with Crippen LogP contribution < -0.4 is 5.56 Å². The van der Waals surface area contributed by atoms with E-state index < -0.39 is 0 Å². The number of hydrogen-bond acceptors (Lipinski definition) is 4. The summed E-state index contributed by atoms with van der Waals surface area (Å²) in [5, 5.41) is 1.91. The third-order valence-electron chi connectivity index (χ3n) is 4.27. The molecule has 0 aliphatic carbocycles. The highest BCUT2D eigenvalue weighted by Crippen LogP contribution is 2.31. The van der Waals surface area contributed by atoms with Crippen LogP contribution in [0.4, 0.5) is 0 Å². The van der Waals surface area contributed by atoms with Crippen LogP contribution in [0.5, 0.6) is 0 Å². The lowest BCUT2D eigenvalue weighted by molar-refractivity contribution is 0.0611. The smallest absolute Gasteiger partial charge is 0.264 e. The van der Waals surface area contributed by atoms with Crippen molar-refractivity contribution in [3.05, 3.63) is 56.9 Å². The van der Waals surface area contributed by atoms with Crippen LogP contribution in [0.1, 0.15) is 40.7 Å². The molecule has 1 N–H and O–H groups in total. The van der Waals surface area contributed by atoms with Crippen LogP contribution in [0, 0.1) is 0 Å². The van der Waals surface area contributed by atoms with E-state index >= 15 is 0 Å². The van der Waals surface area contributed by atoms with Gasteiger partial charge in [0.05, 0.1) is 10.9 Å². The second kappa shape index (κ2) is 5.66. The minimum Gasteiger partial charge on any atom is -0.329 e. The number of fused-ring (bicyclic) bond motifs is 1. The molecule has 1 unspecified atom stereocenters. The van der Waals surface area contributed by atoms with Gasteiger partial charge in [0.25, 0.3) is 11.5 Å². The van der Waals surface area contributed by atoms with Gasteiger partial charge < -0.3 is 9.88 Å². The molecule has 7 heteroatoms. The Kier molecular flexibility index (Phi) is 3.49. The first-order chi connectivity index (χ1) is 11.2. The van der Waals surface area contributed by atoms with Crippen LogP contribution in [0.25, 0.3) is 5.78 Å². The molecular weight excluding hydrogens is 312 g/mol. The van der Waals surface area contributed by atoms with Gasteiger partial charge in [-0.05, 0) is 30.7 Å². The SMILES string of the molecule is O=C(c1cccs1)N1CCCCC1c1cc(=O)n2ccnc2[nH]1. The van der Waals surface area contributed by atoms with Crippen molar-refractivity contribution in [2.45, 2.75) is 25.3 Å². The predicted octanol–water partition coefficient (Wildman–Crippen LogP) is 2.45. The number of piperidine rings is 1. The lowest BCUT2D eigenvalue weighted by atomic mass is 9.98. The highest BCUT2D eigenvalue weighted by atomic mass is 32.1. The highest BCUT2D eigenvalue weighted by molar-refractivity contribution is 7.12. The van der Waals surface area contributed by atoms with Gasteiger partial charge in [-0.1, -0.05) is 6.07 Å². The Morgan fingerprint density at radius 3 is 3.13 bits per heavy atom. The average molecular weight is 328 g/mol. The molecule has 1 saturated heterocycles. The Hall–Kier alpha value is -2.41. The lowest BCUT2D eigenvalue weighted by Crippen LogP contribution is -2.39. The van der Waals surface area contributed by atoms with Gasteiger partial charge in [0, 0.05) is 30.7 Å². The number of thiophene rings is 1. The number of hydrogen-bond donors (Lipinski definition) is 1. The summed E-state index contributed by atoms with van der Waals surface area (Å²) in [6, 6.07) is 5.21. The summed E-state index contributed by atoms with van der Waals surface area (Å²) in [5.74, 6) is 0.551. The van der Waals surface area contributed by atoms with E-state index in [-0.39, 0.29) is 17.5 Å². The number of rotatable bonds is 2. The maximum atomic E-state index is 12.8. The third-order valence-corrected chi connectivity index (χ3v) is 5.13. The van der Waals surface area contributed by atoms with Crippen molar-refractivity contribution < 1.29 is 4.79 Å². The largest absolute Gasteiger partial charge is 0.329 e. The van der Waals surface area contributed by atoms with E-state index in [1.807, 2.05) is 22.4 Å². The van der Waals surface area contributed by atoms with Crippen LogP contribution in [0.3, 0.4) is 0 Å². The number of carbonyl (C=O) groups excluding carboxylic acids is 1. The van der Waals surface area contributed by atoms with Crippen LogP contribution in [0.2, 0.25) is 0 Å². The predicted molar refractivity (Wildman–Crippen MR) is 87.8 cm³/mol. The first-order valence-electron chi connectivity index (χ1n) is 7.65. The van der Waals surface area contributed by atoms with Gasteiger partial charge in [-0.2, -0.15) is 0 Å². The van der Waals surface area contributed by atoms with E-state index in [4.69, 9.17) is 0 Å². The van der Waals surface area contributed by atoms with Gasteiger partial charge in [-0.25, -0.2) is 4.98 Å². The van der Waals surface area contributed by atoms with Crippen molar-refractivity contribution in [2.24, 2.45) is 0 Å². The van der Waals surface area contributed by atoms with E-state index in [1.165, 1.54) is 15.7 Å². The summed E-state index contributed by atoms with van der Waals surface area (Å²) in [7, 11) is 0. The van der Waals surface area contributed by atoms with E-state index in [1.54, 1.807) is 18.5 Å². The molecule has 118 valence electrons. The molecule has 23 heavy (non-hydrogen) atoms. The summed E-state index contributed by atoms with van der Waals surface area (Å²) in [5.41, 5.74) is 0.638. The molecule has 0 radical (unpaired) electrons. The molecule has 1 aliphatic heterocycles. The fourth-order valence-corrected chi connectivity index (χ4v) is 3.84. The van der Waals surface area contributed by atoms with Crippen LogP contribution in [-0.2, 0) is 0 Å². The summed E-state index contributed by atoms with van der Waals surface area (Å²) in [4.78, 5) is 35.0. The van der Waals surface area contributed by atoms with Crippen molar-refractivity contribution in [3.8, 4) is 0 Å². The Bertz CT molecular complexity index is 896. The first-order valence-corrected chi connectivity index (χ1v) is 8.53. The monoisotopic (exact) mass is 328 g/mol. The van der Waals surface area contributed by atoms with Crippen molar-refractivity contribution in [2.75, 3.05) is 6.54 Å². The highest BCUT2D eigenvalue weighted by Gasteiger charge is 2.30. The Morgan fingerprint density at radius 1 is 1.39 bits per heavy atom. The normalized spacial score (nSPS) is 18.4. The van der Waals surface area contributed by atoms with Crippen molar-refractivity contribution in [1.29, 1.82) is 0 Å². The lowest BCUT2D eigenvalue weighted by Gasteiger charge is -2.35. The van der Waals surface area contributed by atoms with Crippen molar-refractivity contribution in [3.63, 3.8) is 0 Å². The Morgan fingerprint density at radius 2 is 2.30 bits per heavy atom. The number of imidazole rings is 1. The summed E-state index contributed by atoms with van der Waals surface area (Å²) in [6.07, 6.45) is 6.10. The molecule has 6 nitrogen and oxygen atoms in total. The van der Waals surface area contributed by atoms with Gasteiger partial charge in [0.1, 0.15) is 0 Å². The zero-order valence-corrected chi connectivity index (χ0v) is 13.3. The number of carbonyl (C=O) groups is 1. The molecule has 1 amide bonds. The van der Waals surface area contributed by atoms with Gasteiger partial charge in [0.2, 0.25) is 5.78 Å². The number of amides is 1. The molecule has 0 bridgehead atoms. The van der Waals surface area contributed by atoms with Crippen molar-refractivity contribution >= 4 is 23.0 Å². The number of aromatic amines is 1. The molecular formula is C16H16N4O2S. The fourth-order valence-electron chi connectivity index (χ4n) is 3.16. The quantitative estimate of drug-likeness (QED) is 0.785. The van der Waals surface area contributed by atoms with Gasteiger partial charge in [0.15, 0.2) is 0 Å². The van der Waals surface area contributed by atoms with Gasteiger partial charge >= 0.3 is 0 Å². The second-order valence-electron chi connectivity index (χ2n) is 5.67. The Balaban J connectivity index is 1.74. The zero-order valence-electron chi connectivity index (χ0n) is 12.4. The molecule has 1 atom stereocenters. The summed E-state index contributed by atoms with van der Waals surface area (Å²) < 4.78 is 1.47. The number of likely N-dealkylation sites (tertiary alicyclic amines) is 1. The van der Waals surface area contributed by atoms with E-state index in [2.05, 4.69) is 9.97 Å². The number of H-pyrrole nitrogens is 1. The standard InChI is InChI=1S/C16H16N4O2S/c21-14-10-11(18-16-17-6-8-20(14)16)12-4-1-2-7-19(12)15(22)13-5-3-9-23-13/h3,5-6,8-10,12H,1-2,4,7H2,(H,17,18). The van der Waals surface area contributed by atoms with E-state index in [0.29, 0.717) is 12.3 Å². The van der Waals surface area contributed by atoms with Crippen LogP contribution >= 0.6 is 11.3 Å². The van der Waals surface area contributed by atoms with Crippen molar-refractivity contribution in [1.82, 2.24) is 19.3 Å². The summed E-state index contributed by atoms with van der Waals surface area (Å²) in [6.45, 7) is 0.711. The first kappa shape index (κ1) is 14.2. The number of nitrogens with zero attached hydrogens (tertiary/aromatic N) is 3. The zero-order chi connectivity index (χ0) is 15.8. The maximum Gasteiger partial charge on any atom is 0.264 e. The topological polar surface area (TPSA) is 70.5 Å². The van der Waals surface area contributed by atoms with Crippen LogP contribution in [-0.4, -0.2) is 31.7 Å². The molecule has 1 aliphatic rings. The molecule has 0 spiro atoms. The molecule has 0 aromatic carbocycles. The fraction of sp³-hybridized carbons (Fsp3) is 0.312. The molecule has 4 heterocycles. The Labute approximate surface area is 136 Å². The molecule has 3 aromatic heterocycles. The molecule has 1 fully saturated rings. The third kappa shape index (κ3) is 2.46.